The van der Waals surface area contributed by atoms with Gasteiger partial charge in [-0.15, -0.1) is 0 Å². The highest BCUT2D eigenvalue weighted by molar-refractivity contribution is 7.92. The molecule has 1 aromatic carbocycles. The molecule has 0 radical (unpaired) electrons. The highest BCUT2D eigenvalue weighted by Crippen LogP contribution is 2.25. The molecule has 0 aliphatic heterocycles. The van der Waals surface area contributed by atoms with Gasteiger partial charge < -0.3 is 5.73 Å². The number of benzene rings is 1. The summed E-state index contributed by atoms with van der Waals surface area (Å²) in [4.78, 5) is 0.0757. The van der Waals surface area contributed by atoms with E-state index in [2.05, 4.69) is 22.7 Å². The topological polar surface area (TPSA) is 84.5 Å². The average molecular weight is 340 g/mol. The first kappa shape index (κ1) is 16.2. The Balaban J connectivity index is 2.95. The zero-order valence-electron chi connectivity index (χ0n) is 9.85. The highest BCUT2D eigenvalue weighted by Gasteiger charge is 2.17. The van der Waals surface area contributed by atoms with E-state index in [9.17, 15) is 8.42 Å². The van der Waals surface area contributed by atoms with Crippen LogP contribution in [0, 0.1) is 0 Å². The molecule has 1 aromatic rings. The van der Waals surface area contributed by atoms with E-state index in [1.54, 1.807) is 6.92 Å². The summed E-state index contributed by atoms with van der Waals surface area (Å²) in [6.45, 7) is 1.54. The highest BCUT2D eigenvalue weighted by atomic mass is 35.5. The fraction of sp³-hybridized carbons (Fsp3) is 0.200. The fourth-order valence-corrected chi connectivity index (χ4v) is 2.97. The molecule has 3 N–H and O–H groups in total. The van der Waals surface area contributed by atoms with Crippen molar-refractivity contribution in [3.63, 3.8) is 0 Å². The maximum atomic E-state index is 12.1. The summed E-state index contributed by atoms with van der Waals surface area (Å²) in [6.07, 6.45) is 0. The molecule has 104 valence electrons. The van der Waals surface area contributed by atoms with Crippen molar-refractivity contribution in [2.24, 2.45) is 10.8 Å². The summed E-state index contributed by atoms with van der Waals surface area (Å²) in [7, 11) is -3.54. The molecule has 0 saturated carbocycles. The number of hydrogen-bond donors (Lipinski definition) is 2. The van der Waals surface area contributed by atoms with Gasteiger partial charge in [0.05, 0.1) is 26.4 Å². The molecule has 5 nitrogen and oxygen atoms in total. The predicted molar refractivity (Wildman–Crippen MR) is 81.5 cm³/mol. The molecule has 1 rings (SSSR count). The lowest BCUT2D eigenvalue weighted by molar-refractivity contribution is 0.599. The molecular formula is C10H11Cl2N3O2S2. The van der Waals surface area contributed by atoms with E-state index < -0.39 is 9.84 Å². The number of halogens is 2. The molecule has 0 aliphatic rings. The maximum Gasteiger partial charge on any atom is 0.184 e. The third kappa shape index (κ3) is 4.94. The van der Waals surface area contributed by atoms with Crippen LogP contribution in [0.3, 0.4) is 0 Å². The molecule has 0 fully saturated rings. The van der Waals surface area contributed by atoms with Gasteiger partial charge in [0.1, 0.15) is 0 Å². The van der Waals surface area contributed by atoms with E-state index in [-0.39, 0.29) is 20.8 Å². The quantitative estimate of drug-likeness (QED) is 0.497. The van der Waals surface area contributed by atoms with Crippen LogP contribution in [-0.4, -0.2) is 25.0 Å². The Kier molecular flexibility index (Phi) is 5.54. The van der Waals surface area contributed by atoms with Crippen LogP contribution in [0.15, 0.2) is 28.2 Å². The van der Waals surface area contributed by atoms with E-state index in [4.69, 9.17) is 28.9 Å². The number of hydrazone groups is 1. The Morgan fingerprint density at radius 2 is 2.05 bits per heavy atom. The minimum absolute atomic E-state index is 0.0358. The van der Waals surface area contributed by atoms with Gasteiger partial charge in [-0.1, -0.05) is 23.2 Å². The monoisotopic (exact) mass is 339 g/mol. The van der Waals surface area contributed by atoms with Crippen molar-refractivity contribution in [3.05, 3.63) is 28.2 Å². The summed E-state index contributed by atoms with van der Waals surface area (Å²) in [5.74, 6) is -0.277. The van der Waals surface area contributed by atoms with Crippen molar-refractivity contribution < 1.29 is 8.42 Å². The Labute approximate surface area is 126 Å². The van der Waals surface area contributed by atoms with Crippen LogP contribution < -0.4 is 11.2 Å². The summed E-state index contributed by atoms with van der Waals surface area (Å²) in [5.41, 5.74) is 7.83. The zero-order valence-corrected chi connectivity index (χ0v) is 13.0. The lowest BCUT2D eigenvalue weighted by Crippen LogP contribution is -2.26. The van der Waals surface area contributed by atoms with Crippen LogP contribution in [0.1, 0.15) is 6.92 Å². The number of nitrogens with zero attached hydrogens (tertiary/aromatic N) is 1. The van der Waals surface area contributed by atoms with Crippen LogP contribution in [0.25, 0.3) is 0 Å². The Morgan fingerprint density at radius 1 is 1.42 bits per heavy atom. The zero-order chi connectivity index (χ0) is 14.6. The van der Waals surface area contributed by atoms with Gasteiger partial charge in [-0.25, -0.2) is 8.42 Å². The van der Waals surface area contributed by atoms with Gasteiger partial charge >= 0.3 is 0 Å². The number of nitrogens with two attached hydrogens (primary N) is 1. The Bertz CT molecular complexity index is 630. The van der Waals surface area contributed by atoms with Crippen molar-refractivity contribution in [1.82, 2.24) is 5.43 Å². The second-order valence-corrected chi connectivity index (χ2v) is 6.90. The first-order valence-corrected chi connectivity index (χ1v) is 7.80. The van der Waals surface area contributed by atoms with Crippen molar-refractivity contribution in [2.75, 3.05) is 5.75 Å². The number of sulfone groups is 1. The number of hydrogen-bond acceptors (Lipinski definition) is 4. The van der Waals surface area contributed by atoms with Crippen LogP contribution in [-0.2, 0) is 9.84 Å². The Morgan fingerprint density at radius 3 is 2.58 bits per heavy atom. The van der Waals surface area contributed by atoms with Crippen LogP contribution in [0.5, 0.6) is 0 Å². The summed E-state index contributed by atoms with van der Waals surface area (Å²) >= 11 is 16.1. The van der Waals surface area contributed by atoms with Crippen LogP contribution in [0.2, 0.25) is 10.0 Å². The summed E-state index contributed by atoms with van der Waals surface area (Å²) in [6, 6.07) is 4.11. The Hall–Kier alpha value is -0.890. The van der Waals surface area contributed by atoms with E-state index in [0.717, 1.165) is 0 Å². The summed E-state index contributed by atoms with van der Waals surface area (Å²) < 4.78 is 24.2. The smallest absolute Gasteiger partial charge is 0.184 e. The molecule has 0 saturated heterocycles. The number of thiocarbonyl (C=S) groups is 1. The first-order chi connectivity index (χ1) is 8.72. The largest absolute Gasteiger partial charge is 0.375 e. The molecule has 0 bridgehead atoms. The minimum atomic E-state index is -3.54. The second-order valence-electron chi connectivity index (χ2n) is 3.66. The molecule has 9 heteroatoms. The predicted octanol–water partition coefficient (Wildman–Crippen LogP) is 1.98. The van der Waals surface area contributed by atoms with E-state index >= 15 is 0 Å². The second kappa shape index (κ2) is 6.51. The molecular weight excluding hydrogens is 329 g/mol. The van der Waals surface area contributed by atoms with Crippen LogP contribution in [0.4, 0.5) is 0 Å². The van der Waals surface area contributed by atoms with E-state index in [1.807, 2.05) is 0 Å². The van der Waals surface area contributed by atoms with Gasteiger partial charge in [0.2, 0.25) is 0 Å². The van der Waals surface area contributed by atoms with E-state index in [0.29, 0.717) is 10.7 Å². The standard InChI is InChI=1S/C10H11Cl2N3O2S2/c1-6(14-15-10(13)18)5-19(16,17)7-2-3-8(11)9(12)4-7/h2-4H,5H2,1H3,(H3,13,15,18)/b14-6-. The number of rotatable bonds is 4. The van der Waals surface area contributed by atoms with Crippen molar-refractivity contribution in [1.29, 1.82) is 0 Å². The molecule has 0 spiro atoms. The third-order valence-electron chi connectivity index (χ3n) is 2.01. The van der Waals surface area contributed by atoms with Crippen molar-refractivity contribution >= 4 is 56.1 Å². The average Bonchev–Trinajstić information content (AvgIpc) is 2.29. The van der Waals surface area contributed by atoms with Gasteiger partial charge in [0, 0.05) is 0 Å². The molecule has 0 aliphatic carbocycles. The van der Waals surface area contributed by atoms with Crippen molar-refractivity contribution in [3.8, 4) is 0 Å². The molecule has 0 unspecified atom stereocenters. The lowest BCUT2D eigenvalue weighted by atomic mass is 10.4. The molecule has 0 atom stereocenters. The lowest BCUT2D eigenvalue weighted by Gasteiger charge is -2.06. The van der Waals surface area contributed by atoms with Crippen molar-refractivity contribution in [2.45, 2.75) is 11.8 Å². The van der Waals surface area contributed by atoms with Gasteiger partial charge in [-0.05, 0) is 37.3 Å². The van der Waals surface area contributed by atoms with Crippen LogP contribution >= 0.6 is 35.4 Å². The first-order valence-electron chi connectivity index (χ1n) is 4.99. The van der Waals surface area contributed by atoms with Gasteiger partial charge in [-0.2, -0.15) is 5.10 Å². The van der Waals surface area contributed by atoms with Gasteiger partial charge in [0.15, 0.2) is 14.9 Å². The van der Waals surface area contributed by atoms with E-state index in [1.165, 1.54) is 18.2 Å². The molecule has 0 heterocycles. The number of nitrogens with one attached hydrogen (secondary N) is 1. The molecule has 19 heavy (non-hydrogen) atoms. The molecule has 0 aromatic heterocycles. The normalized spacial score (nSPS) is 12.3. The SMILES string of the molecule is C/C(CS(=O)(=O)c1ccc(Cl)c(Cl)c1)=N/NC(N)=S. The maximum absolute atomic E-state index is 12.1. The fourth-order valence-electron chi connectivity index (χ4n) is 1.21. The third-order valence-corrected chi connectivity index (χ3v) is 4.61. The van der Waals surface area contributed by atoms with Gasteiger partial charge in [-0.3, -0.25) is 5.43 Å². The minimum Gasteiger partial charge on any atom is -0.375 e. The molecule has 0 amide bonds. The summed E-state index contributed by atoms with van der Waals surface area (Å²) in [5, 5.41) is 4.17. The van der Waals surface area contributed by atoms with Gasteiger partial charge in [0.25, 0.3) is 0 Å².